The minimum atomic E-state index is -0.360. The van der Waals surface area contributed by atoms with Crippen LogP contribution in [0.1, 0.15) is 23.4 Å². The lowest BCUT2D eigenvalue weighted by Crippen LogP contribution is -2.17. The highest BCUT2D eigenvalue weighted by atomic mass is 32.1. The van der Waals surface area contributed by atoms with Crippen LogP contribution in [0.3, 0.4) is 0 Å². The van der Waals surface area contributed by atoms with E-state index in [1.54, 1.807) is 19.2 Å². The zero-order valence-corrected chi connectivity index (χ0v) is 12.1. The van der Waals surface area contributed by atoms with Crippen molar-refractivity contribution < 1.29 is 9.66 Å². The standard InChI is InChI=1S/C14H16N2O3S/c1-10(11-3-5-12(19-2)6-4-11)15-9-13-7-8-14(20-13)16(17)18/h3-8,10,15H,9H2,1-2H3/t10-/m1/s1. The van der Waals surface area contributed by atoms with Crippen LogP contribution in [-0.2, 0) is 6.54 Å². The number of nitrogens with zero attached hydrogens (tertiary/aromatic N) is 1. The number of nitro groups is 1. The first-order chi connectivity index (χ1) is 9.60. The van der Waals surface area contributed by atoms with E-state index in [1.807, 2.05) is 24.3 Å². The Kier molecular flexibility index (Phi) is 4.70. The van der Waals surface area contributed by atoms with Crippen LogP contribution in [-0.4, -0.2) is 12.0 Å². The minimum Gasteiger partial charge on any atom is -0.497 e. The Morgan fingerprint density at radius 3 is 2.55 bits per heavy atom. The molecule has 20 heavy (non-hydrogen) atoms. The molecule has 0 fully saturated rings. The molecule has 0 aliphatic rings. The number of rotatable bonds is 6. The zero-order valence-electron chi connectivity index (χ0n) is 11.3. The molecule has 0 spiro atoms. The van der Waals surface area contributed by atoms with Crippen LogP contribution in [0.15, 0.2) is 36.4 Å². The lowest BCUT2D eigenvalue weighted by Gasteiger charge is -2.13. The molecule has 0 unspecified atom stereocenters. The van der Waals surface area contributed by atoms with Crippen molar-refractivity contribution in [1.29, 1.82) is 0 Å². The van der Waals surface area contributed by atoms with E-state index in [1.165, 1.54) is 11.3 Å². The Labute approximate surface area is 121 Å². The van der Waals surface area contributed by atoms with Gasteiger partial charge in [0.05, 0.1) is 12.0 Å². The lowest BCUT2D eigenvalue weighted by atomic mass is 10.1. The quantitative estimate of drug-likeness (QED) is 0.653. The lowest BCUT2D eigenvalue weighted by molar-refractivity contribution is -0.380. The molecule has 2 aromatic rings. The second-order valence-corrected chi connectivity index (χ2v) is 5.52. The van der Waals surface area contributed by atoms with Gasteiger partial charge in [0.1, 0.15) is 5.75 Å². The monoisotopic (exact) mass is 292 g/mol. The van der Waals surface area contributed by atoms with Crippen molar-refractivity contribution in [3.8, 4) is 5.75 Å². The number of ether oxygens (including phenoxy) is 1. The third-order valence-corrected chi connectivity index (χ3v) is 4.06. The maximum atomic E-state index is 10.6. The summed E-state index contributed by atoms with van der Waals surface area (Å²) in [5.41, 5.74) is 1.15. The number of nitrogens with one attached hydrogen (secondary N) is 1. The van der Waals surface area contributed by atoms with Crippen molar-refractivity contribution in [2.75, 3.05) is 7.11 Å². The second kappa shape index (κ2) is 6.49. The first-order valence-corrected chi connectivity index (χ1v) is 7.02. The molecule has 0 bridgehead atoms. The normalized spacial score (nSPS) is 12.1. The van der Waals surface area contributed by atoms with Gasteiger partial charge in [-0.1, -0.05) is 23.5 Å². The summed E-state index contributed by atoms with van der Waals surface area (Å²) in [6.45, 7) is 2.68. The SMILES string of the molecule is COc1ccc([C@@H](C)NCc2ccc([N+](=O)[O-])s2)cc1. The molecule has 1 N–H and O–H groups in total. The first kappa shape index (κ1) is 14.5. The summed E-state index contributed by atoms with van der Waals surface area (Å²) in [4.78, 5) is 11.2. The van der Waals surface area contributed by atoms with Crippen molar-refractivity contribution in [3.05, 3.63) is 57.0 Å². The van der Waals surface area contributed by atoms with E-state index >= 15 is 0 Å². The molecule has 1 heterocycles. The van der Waals surface area contributed by atoms with Crippen molar-refractivity contribution in [3.63, 3.8) is 0 Å². The maximum Gasteiger partial charge on any atom is 0.324 e. The van der Waals surface area contributed by atoms with Crippen LogP contribution >= 0.6 is 11.3 Å². The summed E-state index contributed by atoms with van der Waals surface area (Å²) < 4.78 is 5.12. The smallest absolute Gasteiger partial charge is 0.324 e. The molecule has 0 aliphatic heterocycles. The van der Waals surface area contributed by atoms with E-state index in [4.69, 9.17) is 4.74 Å². The Hall–Kier alpha value is -1.92. The summed E-state index contributed by atoms with van der Waals surface area (Å²) >= 11 is 1.20. The first-order valence-electron chi connectivity index (χ1n) is 6.20. The molecule has 106 valence electrons. The fourth-order valence-electron chi connectivity index (χ4n) is 1.82. The summed E-state index contributed by atoms with van der Waals surface area (Å²) in [6, 6.07) is 11.4. The largest absolute Gasteiger partial charge is 0.497 e. The molecule has 0 aliphatic carbocycles. The fourth-order valence-corrected chi connectivity index (χ4v) is 2.59. The van der Waals surface area contributed by atoms with Crippen molar-refractivity contribution in [2.24, 2.45) is 0 Å². The summed E-state index contributed by atoms with van der Waals surface area (Å²) in [7, 11) is 1.64. The minimum absolute atomic E-state index is 0.169. The van der Waals surface area contributed by atoms with Crippen LogP contribution in [0.5, 0.6) is 5.75 Å². The molecule has 1 aromatic heterocycles. The Bertz CT molecular complexity index is 580. The van der Waals surface area contributed by atoms with Gasteiger partial charge >= 0.3 is 5.00 Å². The van der Waals surface area contributed by atoms with E-state index in [2.05, 4.69) is 12.2 Å². The molecular formula is C14H16N2O3S. The molecule has 0 saturated heterocycles. The summed E-state index contributed by atoms with van der Waals surface area (Å²) in [5.74, 6) is 0.829. The molecule has 5 nitrogen and oxygen atoms in total. The summed E-state index contributed by atoms with van der Waals surface area (Å²) in [5, 5.41) is 14.1. The van der Waals surface area contributed by atoms with E-state index < -0.39 is 0 Å². The third kappa shape index (κ3) is 3.55. The van der Waals surface area contributed by atoms with Gasteiger partial charge < -0.3 is 10.1 Å². The second-order valence-electron chi connectivity index (χ2n) is 4.37. The number of methoxy groups -OCH3 is 1. The van der Waals surface area contributed by atoms with E-state index in [9.17, 15) is 10.1 Å². The predicted molar refractivity (Wildman–Crippen MR) is 79.2 cm³/mol. The highest BCUT2D eigenvalue weighted by Gasteiger charge is 2.11. The number of benzene rings is 1. The Morgan fingerprint density at radius 1 is 1.30 bits per heavy atom. The molecular weight excluding hydrogens is 276 g/mol. The van der Waals surface area contributed by atoms with E-state index in [0.29, 0.717) is 6.54 Å². The number of thiophene rings is 1. The third-order valence-electron chi connectivity index (χ3n) is 3.03. The molecule has 0 radical (unpaired) electrons. The Balaban J connectivity index is 1.93. The van der Waals surface area contributed by atoms with Crippen LogP contribution in [0.2, 0.25) is 0 Å². The topological polar surface area (TPSA) is 64.4 Å². The van der Waals surface area contributed by atoms with Crippen LogP contribution in [0.25, 0.3) is 0 Å². The van der Waals surface area contributed by atoms with Gasteiger partial charge in [-0.25, -0.2) is 0 Å². The molecule has 0 saturated carbocycles. The van der Waals surface area contributed by atoms with Gasteiger partial charge in [-0.3, -0.25) is 10.1 Å². The van der Waals surface area contributed by atoms with Crippen molar-refractivity contribution in [1.82, 2.24) is 5.32 Å². The molecule has 6 heteroatoms. The van der Waals surface area contributed by atoms with Gasteiger partial charge in [-0.2, -0.15) is 0 Å². The van der Waals surface area contributed by atoms with Crippen LogP contribution in [0.4, 0.5) is 5.00 Å². The average Bonchev–Trinajstić information content (AvgIpc) is 2.94. The molecule has 2 rings (SSSR count). The predicted octanol–water partition coefficient (Wildman–Crippen LogP) is 3.52. The molecule has 0 amide bonds. The zero-order chi connectivity index (χ0) is 14.5. The van der Waals surface area contributed by atoms with Gasteiger partial charge in [-0.05, 0) is 30.7 Å². The van der Waals surface area contributed by atoms with Gasteiger partial charge in [0.25, 0.3) is 0 Å². The highest BCUT2D eigenvalue weighted by Crippen LogP contribution is 2.24. The van der Waals surface area contributed by atoms with Crippen LogP contribution < -0.4 is 10.1 Å². The fraction of sp³-hybridized carbons (Fsp3) is 0.286. The van der Waals surface area contributed by atoms with E-state index in [0.717, 1.165) is 16.2 Å². The summed E-state index contributed by atoms with van der Waals surface area (Å²) in [6.07, 6.45) is 0. The van der Waals surface area contributed by atoms with Gasteiger partial charge in [0.15, 0.2) is 0 Å². The Morgan fingerprint density at radius 2 is 2.00 bits per heavy atom. The number of hydrogen-bond donors (Lipinski definition) is 1. The van der Waals surface area contributed by atoms with Gasteiger partial charge in [-0.15, -0.1) is 0 Å². The highest BCUT2D eigenvalue weighted by molar-refractivity contribution is 7.15. The molecule has 1 atom stereocenters. The van der Waals surface area contributed by atoms with Crippen molar-refractivity contribution >= 4 is 16.3 Å². The van der Waals surface area contributed by atoms with Crippen molar-refractivity contribution in [2.45, 2.75) is 19.5 Å². The number of hydrogen-bond acceptors (Lipinski definition) is 5. The molecule has 1 aromatic carbocycles. The average molecular weight is 292 g/mol. The maximum absolute atomic E-state index is 10.6. The van der Waals surface area contributed by atoms with Gasteiger partial charge in [0.2, 0.25) is 0 Å². The van der Waals surface area contributed by atoms with Gasteiger partial charge in [0, 0.05) is 23.5 Å². The van der Waals surface area contributed by atoms with E-state index in [-0.39, 0.29) is 16.0 Å². The van der Waals surface area contributed by atoms with Crippen LogP contribution in [0, 0.1) is 10.1 Å².